The van der Waals surface area contributed by atoms with E-state index in [0.29, 0.717) is 24.0 Å². The van der Waals surface area contributed by atoms with Crippen molar-refractivity contribution in [2.45, 2.75) is 103 Å². The average Bonchev–Trinajstić information content (AvgIpc) is 2.99. The van der Waals surface area contributed by atoms with Crippen LogP contribution in [0.15, 0.2) is 0 Å². The molecule has 0 spiro atoms. The Labute approximate surface area is 160 Å². The number of esters is 1. The van der Waals surface area contributed by atoms with Crippen molar-refractivity contribution in [2.75, 3.05) is 7.11 Å². The maximum atomic E-state index is 12.2. The van der Waals surface area contributed by atoms with E-state index in [0.717, 1.165) is 64.2 Å². The van der Waals surface area contributed by atoms with E-state index in [2.05, 4.69) is 18.6 Å². The topological polar surface area (TPSA) is 63.6 Å². The lowest BCUT2D eigenvalue weighted by Crippen LogP contribution is -2.21. The van der Waals surface area contributed by atoms with Gasteiger partial charge in [-0.05, 0) is 50.4 Å². The van der Waals surface area contributed by atoms with Crippen LogP contribution in [-0.4, -0.2) is 30.1 Å². The van der Waals surface area contributed by atoms with E-state index < -0.39 is 0 Å². The monoisotopic (exact) mass is 368 g/mol. The summed E-state index contributed by atoms with van der Waals surface area (Å²) < 4.78 is 4.65. The van der Waals surface area contributed by atoms with Gasteiger partial charge in [-0.25, -0.2) is 0 Å². The number of aliphatic hydroxyl groups excluding tert-OH is 1. The second-order valence-corrected chi connectivity index (χ2v) is 8.16. The first-order valence-electron chi connectivity index (χ1n) is 10.8. The van der Waals surface area contributed by atoms with Gasteiger partial charge in [0.15, 0.2) is 0 Å². The minimum Gasteiger partial charge on any atom is -0.469 e. The summed E-state index contributed by atoms with van der Waals surface area (Å²) in [7, 11) is 1.43. The van der Waals surface area contributed by atoms with E-state index in [1.165, 1.54) is 20.0 Å². The molecule has 0 aromatic heterocycles. The summed E-state index contributed by atoms with van der Waals surface area (Å²) in [5.41, 5.74) is 0. The molecule has 1 N–H and O–H groups in total. The van der Waals surface area contributed by atoms with Gasteiger partial charge in [0, 0.05) is 18.8 Å². The Bertz CT molecular complexity index is 407. The van der Waals surface area contributed by atoms with Crippen LogP contribution in [0.3, 0.4) is 0 Å². The summed E-state index contributed by atoms with van der Waals surface area (Å²) in [4.78, 5) is 23.3. The second-order valence-electron chi connectivity index (χ2n) is 8.16. The number of ether oxygens (including phenoxy) is 1. The van der Waals surface area contributed by atoms with Crippen LogP contribution >= 0.6 is 0 Å². The summed E-state index contributed by atoms with van der Waals surface area (Å²) in [6.45, 7) is 4.33. The zero-order valence-corrected chi connectivity index (χ0v) is 17.2. The van der Waals surface area contributed by atoms with Gasteiger partial charge in [0.05, 0.1) is 13.2 Å². The van der Waals surface area contributed by atoms with Gasteiger partial charge in [-0.1, -0.05) is 46.0 Å². The molecule has 0 aromatic rings. The normalized spacial score (nSPS) is 22.4. The number of unbranched alkanes of at least 4 members (excludes halogenated alkanes) is 4. The number of methoxy groups -OCH3 is 1. The van der Waals surface area contributed by atoms with Crippen LogP contribution < -0.4 is 0 Å². The number of hydrogen-bond acceptors (Lipinski definition) is 4. The van der Waals surface area contributed by atoms with Gasteiger partial charge >= 0.3 is 5.97 Å². The van der Waals surface area contributed by atoms with Crippen molar-refractivity contribution in [3.8, 4) is 0 Å². The molecule has 4 nitrogen and oxygen atoms in total. The third kappa shape index (κ3) is 8.66. The van der Waals surface area contributed by atoms with Gasteiger partial charge in [-0.3, -0.25) is 9.59 Å². The highest BCUT2D eigenvalue weighted by molar-refractivity contribution is 5.83. The Balaban J connectivity index is 2.24. The maximum absolute atomic E-state index is 12.2. The first-order valence-corrected chi connectivity index (χ1v) is 10.8. The molecule has 4 heteroatoms. The van der Waals surface area contributed by atoms with Crippen molar-refractivity contribution in [1.82, 2.24) is 0 Å². The maximum Gasteiger partial charge on any atom is 0.305 e. The summed E-state index contributed by atoms with van der Waals surface area (Å²) in [6.07, 6.45) is 12.3. The third-order valence-electron chi connectivity index (χ3n) is 6.12. The Morgan fingerprint density at radius 1 is 1.15 bits per heavy atom. The summed E-state index contributed by atoms with van der Waals surface area (Å²) >= 11 is 0. The SMILES string of the molecule is CCCC[C@@H](C)[C@@H](O)CC[C@H]1CCC(=O)[C@@H]1CCCCCCC(=O)OC. The number of carbonyl (C=O) groups is 2. The Morgan fingerprint density at radius 2 is 1.88 bits per heavy atom. The molecule has 0 heterocycles. The van der Waals surface area contributed by atoms with Crippen molar-refractivity contribution in [3.05, 3.63) is 0 Å². The Morgan fingerprint density at radius 3 is 2.58 bits per heavy atom. The van der Waals surface area contributed by atoms with E-state index in [9.17, 15) is 14.7 Å². The number of ketones is 1. The van der Waals surface area contributed by atoms with Gasteiger partial charge in [0.2, 0.25) is 0 Å². The molecular formula is C22H40O4. The van der Waals surface area contributed by atoms with E-state index in [4.69, 9.17) is 0 Å². The highest BCUT2D eigenvalue weighted by Gasteiger charge is 2.34. The Kier molecular flexibility index (Phi) is 11.8. The fourth-order valence-corrected chi connectivity index (χ4v) is 4.20. The molecule has 1 aliphatic carbocycles. The van der Waals surface area contributed by atoms with Crippen molar-refractivity contribution >= 4 is 11.8 Å². The number of hydrogen-bond donors (Lipinski definition) is 1. The predicted molar refractivity (Wildman–Crippen MR) is 105 cm³/mol. The molecule has 0 aliphatic heterocycles. The molecule has 4 atom stereocenters. The predicted octanol–water partition coefficient (Wildman–Crippen LogP) is 5.06. The third-order valence-corrected chi connectivity index (χ3v) is 6.12. The van der Waals surface area contributed by atoms with Crippen molar-refractivity contribution < 1.29 is 19.4 Å². The van der Waals surface area contributed by atoms with Gasteiger partial charge < -0.3 is 9.84 Å². The van der Waals surface area contributed by atoms with Gasteiger partial charge in [-0.15, -0.1) is 0 Å². The first kappa shape index (κ1) is 23.1. The van der Waals surface area contributed by atoms with Crippen LogP contribution in [0.1, 0.15) is 97.3 Å². The van der Waals surface area contributed by atoms with Crippen molar-refractivity contribution in [1.29, 1.82) is 0 Å². The molecule has 0 unspecified atom stereocenters. The van der Waals surface area contributed by atoms with Crippen LogP contribution in [0.2, 0.25) is 0 Å². The molecule has 1 aliphatic rings. The Hall–Kier alpha value is -0.900. The number of aliphatic hydroxyl groups is 1. The standard InChI is InChI=1S/C22H40O4/c1-4-5-10-17(2)20(23)15-13-18-14-16-21(24)19(18)11-8-6-7-9-12-22(25)26-3/h17-20,23H,4-16H2,1-3H3/t17-,18+,19-,20+/m1/s1. The van der Waals surface area contributed by atoms with Crippen molar-refractivity contribution in [2.24, 2.45) is 17.8 Å². The minimum atomic E-state index is -0.226. The molecule has 26 heavy (non-hydrogen) atoms. The van der Waals surface area contributed by atoms with Gasteiger partial charge in [0.25, 0.3) is 0 Å². The largest absolute Gasteiger partial charge is 0.469 e. The molecule has 152 valence electrons. The van der Waals surface area contributed by atoms with Crippen LogP contribution in [0.25, 0.3) is 0 Å². The van der Waals surface area contributed by atoms with Crippen LogP contribution in [0.5, 0.6) is 0 Å². The van der Waals surface area contributed by atoms with Gasteiger partial charge in [0.1, 0.15) is 5.78 Å². The molecule has 0 bridgehead atoms. The smallest absolute Gasteiger partial charge is 0.305 e. The van der Waals surface area contributed by atoms with E-state index in [1.807, 2.05) is 0 Å². The number of Topliss-reactive ketones (excluding diaryl/α,β-unsaturated/α-hetero) is 1. The summed E-state index contributed by atoms with van der Waals surface area (Å²) in [6, 6.07) is 0. The number of carbonyl (C=O) groups excluding carboxylic acids is 2. The molecule has 0 aromatic carbocycles. The molecule has 0 saturated heterocycles. The lowest BCUT2D eigenvalue weighted by atomic mass is 9.84. The van der Waals surface area contributed by atoms with E-state index in [-0.39, 0.29) is 18.0 Å². The molecule has 1 fully saturated rings. The van der Waals surface area contributed by atoms with E-state index in [1.54, 1.807) is 0 Å². The summed E-state index contributed by atoms with van der Waals surface area (Å²) in [5, 5.41) is 10.4. The summed E-state index contributed by atoms with van der Waals surface area (Å²) in [5.74, 6) is 1.32. The lowest BCUT2D eigenvalue weighted by Gasteiger charge is -2.23. The van der Waals surface area contributed by atoms with Crippen molar-refractivity contribution in [3.63, 3.8) is 0 Å². The first-order chi connectivity index (χ1) is 12.5. The zero-order valence-electron chi connectivity index (χ0n) is 17.2. The molecule has 0 radical (unpaired) electrons. The molecule has 0 amide bonds. The fraction of sp³-hybridized carbons (Fsp3) is 0.909. The molecule has 1 rings (SSSR count). The van der Waals surface area contributed by atoms with Crippen LogP contribution in [-0.2, 0) is 14.3 Å². The van der Waals surface area contributed by atoms with E-state index >= 15 is 0 Å². The number of rotatable bonds is 14. The zero-order chi connectivity index (χ0) is 19.4. The average molecular weight is 369 g/mol. The minimum absolute atomic E-state index is 0.136. The van der Waals surface area contributed by atoms with Gasteiger partial charge in [-0.2, -0.15) is 0 Å². The second kappa shape index (κ2) is 13.3. The highest BCUT2D eigenvalue weighted by Crippen LogP contribution is 2.36. The fourth-order valence-electron chi connectivity index (χ4n) is 4.20. The molecular weight excluding hydrogens is 328 g/mol. The van der Waals surface area contributed by atoms with Crippen LogP contribution in [0.4, 0.5) is 0 Å². The lowest BCUT2D eigenvalue weighted by molar-refractivity contribution is -0.140. The molecule has 1 saturated carbocycles. The van der Waals surface area contributed by atoms with Crippen LogP contribution in [0, 0.1) is 17.8 Å². The quantitative estimate of drug-likeness (QED) is 0.344. The highest BCUT2D eigenvalue weighted by atomic mass is 16.5.